The van der Waals surface area contributed by atoms with E-state index in [4.69, 9.17) is 0 Å². The Balaban J connectivity index is 3.44. The summed E-state index contributed by atoms with van der Waals surface area (Å²) in [6, 6.07) is 0.248. The number of carbonyl (C=O) groups excluding carboxylic acids is 1. The maximum atomic E-state index is 10.8. The molecule has 0 aliphatic rings. The van der Waals surface area contributed by atoms with Gasteiger partial charge in [0.05, 0.1) is 0 Å². The molecule has 0 aliphatic carbocycles. The molecule has 0 fully saturated rings. The van der Waals surface area contributed by atoms with E-state index in [0.29, 0.717) is 6.42 Å². The molecule has 0 radical (unpaired) electrons. The summed E-state index contributed by atoms with van der Waals surface area (Å²) in [6.07, 6.45) is 4.21. The van der Waals surface area contributed by atoms with Gasteiger partial charge in [0.25, 0.3) is 0 Å². The smallest absolute Gasteiger partial charge is 0.223 e. The molecule has 1 N–H and O–H groups in total. The second-order valence-electron chi connectivity index (χ2n) is 2.50. The average molecular weight is 141 g/mol. The van der Waals surface area contributed by atoms with Crippen LogP contribution in [0.1, 0.15) is 27.2 Å². The van der Waals surface area contributed by atoms with Crippen molar-refractivity contribution in [2.24, 2.45) is 0 Å². The molecule has 0 aromatic heterocycles. The Hall–Kier alpha value is -0.790. The molecule has 0 rings (SSSR count). The third-order valence-corrected chi connectivity index (χ3v) is 0.989. The molecule has 0 saturated carbocycles. The van der Waals surface area contributed by atoms with Gasteiger partial charge in [0.1, 0.15) is 0 Å². The molecule has 0 unspecified atom stereocenters. The number of carbonyl (C=O) groups is 1. The van der Waals surface area contributed by atoms with Crippen LogP contribution >= 0.6 is 0 Å². The van der Waals surface area contributed by atoms with Crippen molar-refractivity contribution in [2.75, 3.05) is 0 Å². The maximum absolute atomic E-state index is 10.8. The highest BCUT2D eigenvalue weighted by molar-refractivity contribution is 5.77. The summed E-state index contributed by atoms with van der Waals surface area (Å²) in [5, 5.41) is 2.79. The van der Waals surface area contributed by atoms with Crippen molar-refractivity contribution in [3.63, 3.8) is 0 Å². The van der Waals surface area contributed by atoms with Gasteiger partial charge in [0.15, 0.2) is 0 Å². The van der Waals surface area contributed by atoms with Crippen molar-refractivity contribution in [1.82, 2.24) is 5.32 Å². The SMILES string of the molecule is C/C=C/CC(=O)NC(C)C. The van der Waals surface area contributed by atoms with Crippen LogP contribution in [0, 0.1) is 0 Å². The molecule has 0 aromatic rings. The largest absolute Gasteiger partial charge is 0.354 e. The highest BCUT2D eigenvalue weighted by Crippen LogP contribution is 1.84. The third kappa shape index (κ3) is 5.35. The van der Waals surface area contributed by atoms with Gasteiger partial charge in [-0.15, -0.1) is 0 Å². The first-order valence-electron chi connectivity index (χ1n) is 3.57. The zero-order valence-electron chi connectivity index (χ0n) is 6.85. The molecule has 0 spiro atoms. The molecule has 10 heavy (non-hydrogen) atoms. The Bertz CT molecular complexity index is 127. The lowest BCUT2D eigenvalue weighted by atomic mass is 10.3. The first kappa shape index (κ1) is 9.21. The molecular weight excluding hydrogens is 126 g/mol. The zero-order valence-corrected chi connectivity index (χ0v) is 6.85. The Labute approximate surface area is 62.3 Å². The number of hydrogen-bond acceptors (Lipinski definition) is 1. The molecule has 0 aromatic carbocycles. The van der Waals surface area contributed by atoms with E-state index < -0.39 is 0 Å². The Morgan fingerprint density at radius 1 is 1.60 bits per heavy atom. The van der Waals surface area contributed by atoms with Gasteiger partial charge in [-0.05, 0) is 20.8 Å². The monoisotopic (exact) mass is 141 g/mol. The van der Waals surface area contributed by atoms with Crippen LogP contribution in [0.3, 0.4) is 0 Å². The fourth-order valence-corrected chi connectivity index (χ4v) is 0.606. The summed E-state index contributed by atoms with van der Waals surface area (Å²) >= 11 is 0. The quantitative estimate of drug-likeness (QED) is 0.592. The molecule has 0 saturated heterocycles. The third-order valence-electron chi connectivity index (χ3n) is 0.989. The highest BCUT2D eigenvalue weighted by atomic mass is 16.1. The van der Waals surface area contributed by atoms with Crippen molar-refractivity contribution in [1.29, 1.82) is 0 Å². The Kier molecular flexibility index (Phi) is 4.63. The van der Waals surface area contributed by atoms with E-state index in [9.17, 15) is 4.79 Å². The number of amides is 1. The van der Waals surface area contributed by atoms with Gasteiger partial charge in [-0.3, -0.25) is 4.79 Å². The minimum atomic E-state index is 0.0908. The number of allylic oxidation sites excluding steroid dienone is 1. The van der Waals surface area contributed by atoms with E-state index >= 15 is 0 Å². The molecule has 2 heteroatoms. The van der Waals surface area contributed by atoms with Gasteiger partial charge in [0, 0.05) is 12.5 Å². The predicted molar refractivity (Wildman–Crippen MR) is 42.7 cm³/mol. The van der Waals surface area contributed by atoms with Crippen LogP contribution in [0.5, 0.6) is 0 Å². The Morgan fingerprint density at radius 2 is 2.20 bits per heavy atom. The first-order valence-corrected chi connectivity index (χ1v) is 3.57. The Morgan fingerprint density at radius 3 is 2.60 bits per heavy atom. The van der Waals surface area contributed by atoms with Crippen molar-refractivity contribution < 1.29 is 4.79 Å². The molecule has 58 valence electrons. The fraction of sp³-hybridized carbons (Fsp3) is 0.625. The summed E-state index contributed by atoms with van der Waals surface area (Å²) in [4.78, 5) is 10.8. The van der Waals surface area contributed by atoms with Crippen molar-refractivity contribution in [3.8, 4) is 0 Å². The van der Waals surface area contributed by atoms with Gasteiger partial charge in [0.2, 0.25) is 5.91 Å². The van der Waals surface area contributed by atoms with E-state index in [1.165, 1.54) is 0 Å². The van der Waals surface area contributed by atoms with Gasteiger partial charge < -0.3 is 5.32 Å². The summed E-state index contributed by atoms with van der Waals surface area (Å²) in [5.41, 5.74) is 0. The van der Waals surface area contributed by atoms with E-state index in [1.54, 1.807) is 0 Å². The van der Waals surface area contributed by atoms with Crippen molar-refractivity contribution >= 4 is 5.91 Å². The lowest BCUT2D eigenvalue weighted by Crippen LogP contribution is -2.29. The van der Waals surface area contributed by atoms with Gasteiger partial charge in [-0.2, -0.15) is 0 Å². The minimum Gasteiger partial charge on any atom is -0.354 e. The van der Waals surface area contributed by atoms with Crippen LogP contribution in [0.2, 0.25) is 0 Å². The van der Waals surface area contributed by atoms with Crippen LogP contribution in [-0.2, 0) is 4.79 Å². The molecular formula is C8H15NO. The summed E-state index contributed by atoms with van der Waals surface area (Å²) in [7, 11) is 0. The normalized spacial score (nSPS) is 10.8. The van der Waals surface area contributed by atoms with Gasteiger partial charge in [-0.1, -0.05) is 12.2 Å². The number of rotatable bonds is 3. The summed E-state index contributed by atoms with van der Waals surface area (Å²) < 4.78 is 0. The van der Waals surface area contributed by atoms with Crippen LogP contribution < -0.4 is 5.32 Å². The molecule has 0 heterocycles. The van der Waals surface area contributed by atoms with E-state index in [1.807, 2.05) is 32.9 Å². The molecule has 1 amide bonds. The minimum absolute atomic E-state index is 0.0908. The van der Waals surface area contributed by atoms with Crippen molar-refractivity contribution in [3.05, 3.63) is 12.2 Å². The lowest BCUT2D eigenvalue weighted by Gasteiger charge is -2.05. The van der Waals surface area contributed by atoms with Gasteiger partial charge >= 0.3 is 0 Å². The fourth-order valence-electron chi connectivity index (χ4n) is 0.606. The zero-order chi connectivity index (χ0) is 7.98. The van der Waals surface area contributed by atoms with E-state index in [0.717, 1.165) is 0 Å². The van der Waals surface area contributed by atoms with Crippen LogP contribution in [0.25, 0.3) is 0 Å². The van der Waals surface area contributed by atoms with E-state index in [-0.39, 0.29) is 11.9 Å². The van der Waals surface area contributed by atoms with Crippen LogP contribution in [-0.4, -0.2) is 11.9 Å². The average Bonchev–Trinajstić information content (AvgIpc) is 1.82. The summed E-state index contributed by atoms with van der Waals surface area (Å²) in [6.45, 7) is 5.81. The lowest BCUT2D eigenvalue weighted by molar-refractivity contribution is -0.120. The number of nitrogens with one attached hydrogen (secondary N) is 1. The number of hydrogen-bond donors (Lipinski definition) is 1. The molecule has 0 atom stereocenters. The molecule has 0 aliphatic heterocycles. The maximum Gasteiger partial charge on any atom is 0.223 e. The standard InChI is InChI=1S/C8H15NO/c1-4-5-6-8(10)9-7(2)3/h4-5,7H,6H2,1-3H3,(H,9,10)/b5-4+. The van der Waals surface area contributed by atoms with Crippen LogP contribution in [0.15, 0.2) is 12.2 Å². The first-order chi connectivity index (χ1) is 4.66. The van der Waals surface area contributed by atoms with Gasteiger partial charge in [-0.25, -0.2) is 0 Å². The molecule has 2 nitrogen and oxygen atoms in total. The van der Waals surface area contributed by atoms with Crippen LogP contribution in [0.4, 0.5) is 0 Å². The predicted octanol–water partition coefficient (Wildman–Crippen LogP) is 1.48. The van der Waals surface area contributed by atoms with E-state index in [2.05, 4.69) is 5.32 Å². The summed E-state index contributed by atoms with van der Waals surface area (Å²) in [5.74, 6) is 0.0908. The highest BCUT2D eigenvalue weighted by Gasteiger charge is 1.98. The second kappa shape index (κ2) is 5.03. The topological polar surface area (TPSA) is 29.1 Å². The second-order valence-corrected chi connectivity index (χ2v) is 2.50. The van der Waals surface area contributed by atoms with Crippen molar-refractivity contribution in [2.45, 2.75) is 33.2 Å². The molecule has 0 bridgehead atoms.